The van der Waals surface area contributed by atoms with E-state index in [0.717, 1.165) is 12.8 Å². The molecular weight excluding hydrogens is 256 g/mol. The lowest BCUT2D eigenvalue weighted by Gasteiger charge is -2.14. The van der Waals surface area contributed by atoms with Gasteiger partial charge in [0.15, 0.2) is 0 Å². The van der Waals surface area contributed by atoms with Crippen LogP contribution in [-0.2, 0) is 4.79 Å². The van der Waals surface area contributed by atoms with Gasteiger partial charge < -0.3 is 15.2 Å². The van der Waals surface area contributed by atoms with E-state index in [1.165, 1.54) is 0 Å². The highest BCUT2D eigenvalue weighted by Crippen LogP contribution is 2.26. The third-order valence-electron chi connectivity index (χ3n) is 3.38. The van der Waals surface area contributed by atoms with E-state index in [4.69, 9.17) is 4.74 Å². The summed E-state index contributed by atoms with van der Waals surface area (Å²) >= 11 is 0. The Hall–Kier alpha value is -1.62. The quantitative estimate of drug-likeness (QED) is 0.866. The van der Waals surface area contributed by atoms with E-state index in [0.29, 0.717) is 30.5 Å². The zero-order valence-electron chi connectivity index (χ0n) is 12.0. The first-order valence-electron chi connectivity index (χ1n) is 7.14. The average molecular weight is 278 g/mol. The number of hydrogen-bond donors (Lipinski definition) is 2. The van der Waals surface area contributed by atoms with Gasteiger partial charge in [0.2, 0.25) is 11.8 Å². The summed E-state index contributed by atoms with van der Waals surface area (Å²) in [4.78, 5) is 16.1. The van der Waals surface area contributed by atoms with Crippen LogP contribution >= 0.6 is 0 Å². The first kappa shape index (κ1) is 14.8. The molecule has 0 saturated heterocycles. The Morgan fingerprint density at radius 1 is 1.50 bits per heavy atom. The number of aliphatic hydroxyl groups is 1. The number of rotatable bonds is 5. The summed E-state index contributed by atoms with van der Waals surface area (Å²) in [5, 5.41) is 12.5. The number of aliphatic hydroxyl groups excluding tert-OH is 1. The van der Waals surface area contributed by atoms with Gasteiger partial charge in [0, 0.05) is 6.07 Å². The molecule has 5 heteroatoms. The van der Waals surface area contributed by atoms with Gasteiger partial charge in [-0.2, -0.15) is 0 Å². The van der Waals surface area contributed by atoms with Crippen molar-refractivity contribution in [3.8, 4) is 5.88 Å². The molecular formula is C15H22N2O3. The van der Waals surface area contributed by atoms with Gasteiger partial charge in [0.1, 0.15) is 0 Å². The van der Waals surface area contributed by atoms with Crippen LogP contribution in [0.15, 0.2) is 18.3 Å². The summed E-state index contributed by atoms with van der Waals surface area (Å²) in [5.74, 6) is 0.567. The number of carbonyl (C=O) groups excluding carboxylic acids is 1. The van der Waals surface area contributed by atoms with Crippen molar-refractivity contribution in [2.45, 2.75) is 39.2 Å². The number of ether oxygens (including phenoxy) is 1. The third kappa shape index (κ3) is 3.93. The topological polar surface area (TPSA) is 71.5 Å². The molecule has 1 aromatic rings. The van der Waals surface area contributed by atoms with E-state index in [1.54, 1.807) is 18.3 Å². The molecule has 2 unspecified atom stereocenters. The second-order valence-electron chi connectivity index (χ2n) is 5.68. The highest BCUT2D eigenvalue weighted by Gasteiger charge is 2.31. The Bertz CT molecular complexity index is 445. The van der Waals surface area contributed by atoms with Crippen LogP contribution in [0.5, 0.6) is 5.88 Å². The van der Waals surface area contributed by atoms with Gasteiger partial charge in [-0.05, 0) is 31.2 Å². The van der Waals surface area contributed by atoms with E-state index < -0.39 is 6.10 Å². The number of anilines is 1. The Morgan fingerprint density at radius 3 is 2.85 bits per heavy atom. The molecule has 0 bridgehead atoms. The minimum atomic E-state index is -0.517. The molecule has 2 atom stereocenters. The van der Waals surface area contributed by atoms with Crippen LogP contribution in [0.4, 0.5) is 5.69 Å². The van der Waals surface area contributed by atoms with Gasteiger partial charge in [-0.25, -0.2) is 4.98 Å². The van der Waals surface area contributed by atoms with E-state index >= 15 is 0 Å². The lowest BCUT2D eigenvalue weighted by atomic mass is 10.1. The predicted octanol–water partition coefficient (Wildman–Crippen LogP) is 2.22. The van der Waals surface area contributed by atoms with Gasteiger partial charge >= 0.3 is 0 Å². The zero-order valence-corrected chi connectivity index (χ0v) is 12.0. The van der Waals surface area contributed by atoms with Gasteiger partial charge in [0.05, 0.1) is 30.5 Å². The average Bonchev–Trinajstić information content (AvgIpc) is 2.84. The molecule has 1 amide bonds. The van der Waals surface area contributed by atoms with Crippen LogP contribution in [0.25, 0.3) is 0 Å². The molecule has 0 aromatic carbocycles. The van der Waals surface area contributed by atoms with Crippen LogP contribution < -0.4 is 10.1 Å². The summed E-state index contributed by atoms with van der Waals surface area (Å²) in [7, 11) is 0. The SMILES string of the molecule is CC(C)COc1ccc(NC(=O)C2CCCC2O)cn1. The summed E-state index contributed by atoms with van der Waals surface area (Å²) in [6, 6.07) is 3.50. The molecule has 1 aliphatic carbocycles. The van der Waals surface area contributed by atoms with Crippen molar-refractivity contribution >= 4 is 11.6 Å². The van der Waals surface area contributed by atoms with Gasteiger partial charge in [-0.1, -0.05) is 13.8 Å². The fourth-order valence-corrected chi connectivity index (χ4v) is 2.27. The number of pyridine rings is 1. The van der Waals surface area contributed by atoms with Crippen molar-refractivity contribution < 1.29 is 14.6 Å². The largest absolute Gasteiger partial charge is 0.477 e. The summed E-state index contributed by atoms with van der Waals surface area (Å²) in [5.41, 5.74) is 0.631. The maximum absolute atomic E-state index is 12.0. The van der Waals surface area contributed by atoms with Crippen molar-refractivity contribution in [2.24, 2.45) is 11.8 Å². The highest BCUT2D eigenvalue weighted by molar-refractivity contribution is 5.92. The first-order valence-corrected chi connectivity index (χ1v) is 7.14. The second kappa shape index (κ2) is 6.70. The standard InChI is InChI=1S/C15H22N2O3/c1-10(2)9-20-14-7-6-11(8-16-14)17-15(19)12-4-3-5-13(12)18/h6-8,10,12-13,18H,3-5,9H2,1-2H3,(H,17,19). The Balaban J connectivity index is 1.88. The lowest BCUT2D eigenvalue weighted by Crippen LogP contribution is -2.28. The molecule has 2 rings (SSSR count). The summed E-state index contributed by atoms with van der Waals surface area (Å²) in [6.07, 6.45) is 3.42. The van der Waals surface area contributed by atoms with Crippen molar-refractivity contribution in [3.05, 3.63) is 18.3 Å². The van der Waals surface area contributed by atoms with Crippen molar-refractivity contribution in [3.63, 3.8) is 0 Å². The van der Waals surface area contributed by atoms with Crippen LogP contribution in [0.2, 0.25) is 0 Å². The predicted molar refractivity (Wildman–Crippen MR) is 76.5 cm³/mol. The molecule has 0 radical (unpaired) electrons. The van der Waals surface area contributed by atoms with E-state index in [1.807, 2.05) is 0 Å². The van der Waals surface area contributed by atoms with Crippen LogP contribution in [0, 0.1) is 11.8 Å². The normalized spacial score (nSPS) is 22.0. The Kier molecular flexibility index (Phi) is 4.95. The molecule has 1 heterocycles. The zero-order chi connectivity index (χ0) is 14.5. The fourth-order valence-electron chi connectivity index (χ4n) is 2.27. The molecule has 1 aliphatic rings. The number of amides is 1. The molecule has 1 fully saturated rings. The van der Waals surface area contributed by atoms with Gasteiger partial charge in [-0.15, -0.1) is 0 Å². The van der Waals surface area contributed by atoms with Crippen LogP contribution in [0.1, 0.15) is 33.1 Å². The fraction of sp³-hybridized carbons (Fsp3) is 0.600. The molecule has 0 aliphatic heterocycles. The maximum Gasteiger partial charge on any atom is 0.230 e. The molecule has 2 N–H and O–H groups in total. The second-order valence-corrected chi connectivity index (χ2v) is 5.68. The van der Waals surface area contributed by atoms with Gasteiger partial charge in [0.25, 0.3) is 0 Å². The molecule has 0 spiro atoms. The smallest absolute Gasteiger partial charge is 0.230 e. The van der Waals surface area contributed by atoms with E-state index in [2.05, 4.69) is 24.1 Å². The Labute approximate surface area is 119 Å². The molecule has 1 aromatic heterocycles. The minimum absolute atomic E-state index is 0.132. The van der Waals surface area contributed by atoms with E-state index in [-0.39, 0.29) is 11.8 Å². The highest BCUT2D eigenvalue weighted by atomic mass is 16.5. The lowest BCUT2D eigenvalue weighted by molar-refractivity contribution is -0.122. The van der Waals surface area contributed by atoms with Crippen molar-refractivity contribution in [1.29, 1.82) is 0 Å². The minimum Gasteiger partial charge on any atom is -0.477 e. The maximum atomic E-state index is 12.0. The van der Waals surface area contributed by atoms with Gasteiger partial charge in [-0.3, -0.25) is 4.79 Å². The molecule has 110 valence electrons. The number of aromatic nitrogens is 1. The number of carbonyl (C=O) groups is 1. The molecule has 20 heavy (non-hydrogen) atoms. The summed E-state index contributed by atoms with van der Waals surface area (Å²) < 4.78 is 5.48. The van der Waals surface area contributed by atoms with Crippen molar-refractivity contribution in [1.82, 2.24) is 4.98 Å². The molecule has 1 saturated carbocycles. The van der Waals surface area contributed by atoms with E-state index in [9.17, 15) is 9.90 Å². The number of nitrogens with zero attached hydrogens (tertiary/aromatic N) is 1. The number of hydrogen-bond acceptors (Lipinski definition) is 4. The first-order chi connectivity index (χ1) is 9.56. The van der Waals surface area contributed by atoms with Crippen LogP contribution in [-0.4, -0.2) is 28.7 Å². The van der Waals surface area contributed by atoms with Crippen molar-refractivity contribution in [2.75, 3.05) is 11.9 Å². The monoisotopic (exact) mass is 278 g/mol. The Morgan fingerprint density at radius 2 is 2.30 bits per heavy atom. The molecule has 5 nitrogen and oxygen atoms in total. The van der Waals surface area contributed by atoms with Crippen LogP contribution in [0.3, 0.4) is 0 Å². The number of nitrogens with one attached hydrogen (secondary N) is 1. The summed E-state index contributed by atoms with van der Waals surface area (Å²) in [6.45, 7) is 4.76. The third-order valence-corrected chi connectivity index (χ3v) is 3.38.